The molecular formula is C17H25N2O6S+. The van der Waals surface area contributed by atoms with Crippen LogP contribution in [0.4, 0.5) is 5.00 Å². The van der Waals surface area contributed by atoms with Gasteiger partial charge in [-0.05, 0) is 26.3 Å². The van der Waals surface area contributed by atoms with Gasteiger partial charge < -0.3 is 24.4 Å². The van der Waals surface area contributed by atoms with Crippen LogP contribution in [0.25, 0.3) is 0 Å². The summed E-state index contributed by atoms with van der Waals surface area (Å²) in [5.74, 6) is -1.39. The Morgan fingerprint density at radius 3 is 2.27 bits per heavy atom. The van der Waals surface area contributed by atoms with Gasteiger partial charge in [0.2, 0.25) is 0 Å². The lowest BCUT2D eigenvalue weighted by Gasteiger charge is -2.31. The van der Waals surface area contributed by atoms with Crippen molar-refractivity contribution in [3.05, 3.63) is 16.0 Å². The first-order valence-corrected chi connectivity index (χ1v) is 9.17. The zero-order chi connectivity index (χ0) is 19.4. The van der Waals surface area contributed by atoms with Crippen LogP contribution in [0.5, 0.6) is 0 Å². The summed E-state index contributed by atoms with van der Waals surface area (Å²) >= 11 is 1.01. The number of quaternary nitrogens is 1. The number of morpholine rings is 1. The van der Waals surface area contributed by atoms with E-state index in [1.54, 1.807) is 6.92 Å². The first-order chi connectivity index (χ1) is 12.3. The molecule has 0 aliphatic carbocycles. The van der Waals surface area contributed by atoms with E-state index in [1.807, 2.05) is 13.8 Å². The Bertz CT molecular complexity index is 692. The van der Waals surface area contributed by atoms with E-state index in [2.05, 4.69) is 5.32 Å². The van der Waals surface area contributed by atoms with Crippen LogP contribution in [0.1, 0.15) is 39.4 Å². The number of carbonyl (C=O) groups is 3. The summed E-state index contributed by atoms with van der Waals surface area (Å²) in [6, 6.07) is 0. The summed E-state index contributed by atoms with van der Waals surface area (Å²) in [5.41, 5.74) is 0.620. The number of hydrogen-bond acceptors (Lipinski definition) is 7. The lowest BCUT2D eigenvalue weighted by molar-refractivity contribution is -0.907. The molecule has 0 bridgehead atoms. The van der Waals surface area contributed by atoms with E-state index in [1.165, 1.54) is 14.2 Å². The SMILES string of the molecule is COC(=O)c1sc(NC(=O)C[NH+]2C[C@H](C)O[C@@H](C)C2)c(C(=O)OC)c1C. The molecule has 0 radical (unpaired) electrons. The summed E-state index contributed by atoms with van der Waals surface area (Å²) in [7, 11) is 2.52. The Labute approximate surface area is 156 Å². The Morgan fingerprint density at radius 1 is 1.15 bits per heavy atom. The molecule has 2 atom stereocenters. The molecule has 1 aromatic rings. The van der Waals surface area contributed by atoms with Gasteiger partial charge in [-0.2, -0.15) is 0 Å². The fourth-order valence-corrected chi connectivity index (χ4v) is 4.30. The van der Waals surface area contributed by atoms with Crippen molar-refractivity contribution >= 4 is 34.2 Å². The molecule has 1 aromatic heterocycles. The smallest absolute Gasteiger partial charge is 0.348 e. The second kappa shape index (κ2) is 8.61. The third-order valence-electron chi connectivity index (χ3n) is 4.19. The maximum absolute atomic E-state index is 12.5. The molecule has 1 amide bonds. The van der Waals surface area contributed by atoms with Gasteiger partial charge in [-0.1, -0.05) is 0 Å². The normalized spacial score (nSPS) is 22.6. The highest BCUT2D eigenvalue weighted by Gasteiger charge is 2.30. The third kappa shape index (κ3) is 4.60. The van der Waals surface area contributed by atoms with Crippen molar-refractivity contribution in [1.82, 2.24) is 0 Å². The number of anilines is 1. The van der Waals surface area contributed by atoms with Gasteiger partial charge >= 0.3 is 11.9 Å². The van der Waals surface area contributed by atoms with Crippen LogP contribution in [0.2, 0.25) is 0 Å². The van der Waals surface area contributed by atoms with Crippen LogP contribution < -0.4 is 10.2 Å². The Balaban J connectivity index is 2.18. The van der Waals surface area contributed by atoms with Gasteiger partial charge in [0.15, 0.2) is 6.54 Å². The fraction of sp³-hybridized carbons (Fsp3) is 0.588. The van der Waals surface area contributed by atoms with E-state index in [0.29, 0.717) is 10.6 Å². The Morgan fingerprint density at radius 2 is 1.73 bits per heavy atom. The second-order valence-corrected chi connectivity index (χ2v) is 7.40. The topological polar surface area (TPSA) is 95.4 Å². The van der Waals surface area contributed by atoms with Crippen molar-refractivity contribution < 1.29 is 33.5 Å². The van der Waals surface area contributed by atoms with E-state index in [-0.39, 0.29) is 35.1 Å². The molecule has 1 aliphatic heterocycles. The standard InChI is InChI=1S/C17H24N2O6S/c1-9-6-19(7-10(2)25-9)8-12(20)18-15-13(16(21)23-4)11(3)14(26-15)17(22)24-5/h9-10H,6-8H2,1-5H3,(H,18,20)/p+1/t9-,10-/m0/s1. The van der Waals surface area contributed by atoms with E-state index in [0.717, 1.165) is 29.3 Å². The molecule has 1 aliphatic rings. The number of rotatable bonds is 5. The molecule has 1 saturated heterocycles. The Kier molecular flexibility index (Phi) is 6.74. The minimum absolute atomic E-state index is 0.0853. The average molecular weight is 385 g/mol. The van der Waals surface area contributed by atoms with Crippen LogP contribution in [0.3, 0.4) is 0 Å². The number of esters is 2. The van der Waals surface area contributed by atoms with Gasteiger partial charge in [0.25, 0.3) is 5.91 Å². The van der Waals surface area contributed by atoms with Crippen molar-refractivity contribution in [3.63, 3.8) is 0 Å². The number of carbonyl (C=O) groups excluding carboxylic acids is 3. The van der Waals surface area contributed by atoms with Gasteiger partial charge in [0.05, 0.1) is 19.8 Å². The lowest BCUT2D eigenvalue weighted by atomic mass is 10.1. The summed E-state index contributed by atoms with van der Waals surface area (Å²) in [6.07, 6.45) is 0.171. The fourth-order valence-electron chi connectivity index (χ4n) is 3.17. The number of methoxy groups -OCH3 is 2. The van der Waals surface area contributed by atoms with Crippen LogP contribution in [-0.2, 0) is 19.0 Å². The Hall–Kier alpha value is -1.97. The monoisotopic (exact) mass is 385 g/mol. The largest absolute Gasteiger partial charge is 0.465 e. The van der Waals surface area contributed by atoms with Crippen LogP contribution >= 0.6 is 11.3 Å². The first kappa shape index (κ1) is 20.3. The van der Waals surface area contributed by atoms with E-state index < -0.39 is 11.9 Å². The number of nitrogens with one attached hydrogen (secondary N) is 2. The maximum atomic E-state index is 12.5. The van der Waals surface area contributed by atoms with Gasteiger partial charge in [0, 0.05) is 0 Å². The van der Waals surface area contributed by atoms with Crippen molar-refractivity contribution in [3.8, 4) is 0 Å². The molecule has 0 spiro atoms. The average Bonchev–Trinajstić information content (AvgIpc) is 2.88. The predicted octanol–water partition coefficient (Wildman–Crippen LogP) is 0.260. The summed E-state index contributed by atoms with van der Waals surface area (Å²) in [6.45, 7) is 7.31. The molecule has 9 heteroatoms. The second-order valence-electron chi connectivity index (χ2n) is 6.38. The number of amides is 1. The van der Waals surface area contributed by atoms with Gasteiger partial charge in [-0.25, -0.2) is 9.59 Å². The van der Waals surface area contributed by atoms with Gasteiger partial charge in [-0.15, -0.1) is 11.3 Å². The van der Waals surface area contributed by atoms with Crippen molar-refractivity contribution in [1.29, 1.82) is 0 Å². The zero-order valence-electron chi connectivity index (χ0n) is 15.6. The van der Waals surface area contributed by atoms with E-state index >= 15 is 0 Å². The summed E-state index contributed by atoms with van der Waals surface area (Å²) in [5, 5.41) is 3.05. The number of ether oxygens (including phenoxy) is 3. The van der Waals surface area contributed by atoms with Crippen LogP contribution in [0, 0.1) is 6.92 Å². The molecular weight excluding hydrogens is 360 g/mol. The number of thiophene rings is 1. The zero-order valence-corrected chi connectivity index (χ0v) is 16.5. The summed E-state index contributed by atoms with van der Waals surface area (Å²) in [4.78, 5) is 37.8. The van der Waals surface area contributed by atoms with E-state index in [9.17, 15) is 14.4 Å². The lowest BCUT2D eigenvalue weighted by Crippen LogP contribution is -3.16. The van der Waals surface area contributed by atoms with Crippen molar-refractivity contribution in [2.45, 2.75) is 33.0 Å². The molecule has 8 nitrogen and oxygen atoms in total. The molecule has 1 fully saturated rings. The molecule has 2 rings (SSSR count). The maximum Gasteiger partial charge on any atom is 0.348 e. The van der Waals surface area contributed by atoms with Crippen molar-refractivity contribution in [2.24, 2.45) is 0 Å². The molecule has 0 aromatic carbocycles. The predicted molar refractivity (Wildman–Crippen MR) is 95.9 cm³/mol. The molecule has 0 unspecified atom stereocenters. The van der Waals surface area contributed by atoms with Crippen LogP contribution in [0.15, 0.2) is 0 Å². The highest BCUT2D eigenvalue weighted by atomic mass is 32.1. The quantitative estimate of drug-likeness (QED) is 0.706. The van der Waals surface area contributed by atoms with Crippen LogP contribution in [-0.4, -0.2) is 63.9 Å². The molecule has 2 N–H and O–H groups in total. The highest BCUT2D eigenvalue weighted by Crippen LogP contribution is 2.34. The minimum Gasteiger partial charge on any atom is -0.465 e. The molecule has 0 saturated carbocycles. The first-order valence-electron chi connectivity index (χ1n) is 8.35. The summed E-state index contributed by atoms with van der Waals surface area (Å²) < 4.78 is 15.2. The molecule has 26 heavy (non-hydrogen) atoms. The third-order valence-corrected chi connectivity index (χ3v) is 5.37. The highest BCUT2D eigenvalue weighted by molar-refractivity contribution is 7.18. The molecule has 144 valence electrons. The number of hydrogen-bond donors (Lipinski definition) is 2. The molecule has 2 heterocycles. The van der Waals surface area contributed by atoms with E-state index in [4.69, 9.17) is 14.2 Å². The van der Waals surface area contributed by atoms with Gasteiger partial charge in [0.1, 0.15) is 35.2 Å². The van der Waals surface area contributed by atoms with Gasteiger partial charge in [-0.3, -0.25) is 4.79 Å². The minimum atomic E-state index is -0.606. The van der Waals surface area contributed by atoms with Crippen molar-refractivity contribution in [2.75, 3.05) is 39.2 Å².